The third-order valence-electron chi connectivity index (χ3n) is 4.28. The molecule has 0 radical (unpaired) electrons. The molecule has 2 aromatic heterocycles. The zero-order chi connectivity index (χ0) is 17.4. The third kappa shape index (κ3) is 2.91. The predicted octanol–water partition coefficient (Wildman–Crippen LogP) is 4.47. The van der Waals surface area contributed by atoms with Crippen LogP contribution in [-0.4, -0.2) is 26.1 Å². The number of Topliss-reactive ketones (excluding diaryl/α,β-unsaturated/α-hetero) is 1. The summed E-state index contributed by atoms with van der Waals surface area (Å²) in [6, 6.07) is 17.9. The molecule has 25 heavy (non-hydrogen) atoms. The number of pyridine rings is 1. The number of hydrogen-bond donors (Lipinski definition) is 0. The maximum atomic E-state index is 12.4. The van der Waals surface area contributed by atoms with E-state index in [1.54, 1.807) is 0 Å². The van der Waals surface area contributed by atoms with Crippen molar-refractivity contribution in [3.8, 4) is 0 Å². The Morgan fingerprint density at radius 1 is 1.04 bits per heavy atom. The average Bonchev–Trinajstić information content (AvgIpc) is 3.03. The van der Waals surface area contributed by atoms with Crippen LogP contribution >= 0.6 is 11.8 Å². The molecule has 0 fully saturated rings. The van der Waals surface area contributed by atoms with Crippen molar-refractivity contribution < 1.29 is 4.79 Å². The van der Waals surface area contributed by atoms with Crippen molar-refractivity contribution >= 4 is 34.1 Å². The lowest BCUT2D eigenvalue weighted by atomic mass is 10.1. The van der Waals surface area contributed by atoms with Crippen LogP contribution in [0.2, 0.25) is 0 Å². The first kappa shape index (κ1) is 15.8. The molecule has 124 valence electrons. The normalized spacial score (nSPS) is 11.3. The van der Waals surface area contributed by atoms with Crippen molar-refractivity contribution in [2.75, 3.05) is 5.75 Å². The van der Waals surface area contributed by atoms with E-state index in [-0.39, 0.29) is 5.78 Å². The number of nitrogens with zero attached hydrogens (tertiary/aromatic N) is 3. The molecule has 4 aromatic rings. The molecule has 0 bridgehead atoms. The van der Waals surface area contributed by atoms with Gasteiger partial charge in [-0.2, -0.15) is 0 Å². The maximum absolute atomic E-state index is 12.4. The van der Waals surface area contributed by atoms with E-state index in [9.17, 15) is 4.79 Å². The number of carbonyl (C=O) groups is 1. The molecule has 4 nitrogen and oxygen atoms in total. The molecule has 0 amide bonds. The van der Waals surface area contributed by atoms with E-state index in [4.69, 9.17) is 0 Å². The van der Waals surface area contributed by atoms with Gasteiger partial charge in [-0.3, -0.25) is 9.20 Å². The van der Waals surface area contributed by atoms with Gasteiger partial charge in [0.05, 0.1) is 11.3 Å². The van der Waals surface area contributed by atoms with Gasteiger partial charge in [-0.15, -0.1) is 10.2 Å². The van der Waals surface area contributed by atoms with Gasteiger partial charge < -0.3 is 0 Å². The summed E-state index contributed by atoms with van der Waals surface area (Å²) in [4.78, 5) is 12.4. The Morgan fingerprint density at radius 3 is 2.60 bits per heavy atom. The number of para-hydroxylation sites is 1. The molecule has 0 spiro atoms. The molecule has 0 aliphatic rings. The van der Waals surface area contributed by atoms with Crippen molar-refractivity contribution in [2.24, 2.45) is 0 Å². The summed E-state index contributed by atoms with van der Waals surface area (Å²) in [7, 11) is 0. The zero-order valence-corrected chi connectivity index (χ0v) is 14.9. The summed E-state index contributed by atoms with van der Waals surface area (Å²) in [5.74, 6) is 0.435. The molecule has 0 saturated carbocycles. The van der Waals surface area contributed by atoms with Gasteiger partial charge in [0.1, 0.15) is 0 Å². The largest absolute Gasteiger partial charge is 0.293 e. The number of hydrogen-bond acceptors (Lipinski definition) is 4. The summed E-state index contributed by atoms with van der Waals surface area (Å²) in [6.07, 6.45) is 0. The van der Waals surface area contributed by atoms with Crippen LogP contribution in [-0.2, 0) is 0 Å². The van der Waals surface area contributed by atoms with Crippen molar-refractivity contribution in [1.82, 2.24) is 14.6 Å². The number of aromatic nitrogens is 3. The summed E-state index contributed by atoms with van der Waals surface area (Å²) < 4.78 is 2.02. The fourth-order valence-corrected chi connectivity index (χ4v) is 3.77. The van der Waals surface area contributed by atoms with Gasteiger partial charge in [-0.05, 0) is 31.5 Å². The van der Waals surface area contributed by atoms with Crippen molar-refractivity contribution in [3.63, 3.8) is 0 Å². The predicted molar refractivity (Wildman–Crippen MR) is 101 cm³/mol. The summed E-state index contributed by atoms with van der Waals surface area (Å²) in [5.41, 5.74) is 4.92. The number of thioether (sulfide) groups is 1. The highest BCUT2D eigenvalue weighted by atomic mass is 32.2. The third-order valence-corrected chi connectivity index (χ3v) is 5.21. The van der Waals surface area contributed by atoms with E-state index >= 15 is 0 Å². The van der Waals surface area contributed by atoms with Crippen LogP contribution in [0, 0.1) is 13.8 Å². The highest BCUT2D eigenvalue weighted by Gasteiger charge is 2.13. The molecule has 0 aliphatic heterocycles. The SMILES string of the molecule is Cc1ccc(C(=O)CSc2nnc3cc(C)c4ccccc4n23)cc1. The molecule has 4 rings (SSSR count). The Balaban J connectivity index is 1.67. The molecule has 0 atom stereocenters. The Hall–Kier alpha value is -2.66. The van der Waals surface area contributed by atoms with Gasteiger partial charge in [-0.1, -0.05) is 59.8 Å². The van der Waals surface area contributed by atoms with Crippen molar-refractivity contribution in [1.29, 1.82) is 0 Å². The van der Waals surface area contributed by atoms with E-state index < -0.39 is 0 Å². The molecular formula is C20H17N3OS. The fourth-order valence-electron chi connectivity index (χ4n) is 2.92. The topological polar surface area (TPSA) is 47.3 Å². The van der Waals surface area contributed by atoms with Gasteiger partial charge in [0.15, 0.2) is 16.6 Å². The van der Waals surface area contributed by atoms with Crippen LogP contribution < -0.4 is 0 Å². The molecule has 0 N–H and O–H groups in total. The monoisotopic (exact) mass is 347 g/mol. The Morgan fingerprint density at radius 2 is 1.80 bits per heavy atom. The Kier molecular flexibility index (Phi) is 4.01. The minimum atomic E-state index is 0.0955. The highest BCUT2D eigenvalue weighted by molar-refractivity contribution is 7.99. The number of rotatable bonds is 4. The van der Waals surface area contributed by atoms with Crippen LogP contribution in [0.1, 0.15) is 21.5 Å². The standard InChI is InChI=1S/C20H17N3OS/c1-13-7-9-15(10-8-13)18(24)12-25-20-22-21-19-11-14(2)16-5-3-4-6-17(16)23(19)20/h3-11H,12H2,1-2H3. The van der Waals surface area contributed by atoms with E-state index in [1.165, 1.54) is 22.7 Å². The summed E-state index contributed by atoms with van der Waals surface area (Å²) in [6.45, 7) is 4.09. The van der Waals surface area contributed by atoms with Crippen molar-refractivity contribution in [2.45, 2.75) is 19.0 Å². The maximum Gasteiger partial charge on any atom is 0.196 e. The smallest absolute Gasteiger partial charge is 0.196 e. The van der Waals surface area contributed by atoms with Gasteiger partial charge in [0.2, 0.25) is 0 Å². The van der Waals surface area contributed by atoms with Crippen LogP contribution in [0.5, 0.6) is 0 Å². The quantitative estimate of drug-likeness (QED) is 0.403. The molecule has 0 saturated heterocycles. The van der Waals surface area contributed by atoms with Crippen LogP contribution in [0.25, 0.3) is 16.6 Å². The van der Waals surface area contributed by atoms with Gasteiger partial charge in [0, 0.05) is 10.9 Å². The number of carbonyl (C=O) groups excluding carboxylic acids is 1. The number of aryl methyl sites for hydroxylation is 2. The van der Waals surface area contributed by atoms with Gasteiger partial charge >= 0.3 is 0 Å². The van der Waals surface area contributed by atoms with E-state index in [0.717, 1.165) is 27.4 Å². The number of benzene rings is 2. The minimum absolute atomic E-state index is 0.0955. The lowest BCUT2D eigenvalue weighted by molar-refractivity contribution is 0.102. The van der Waals surface area contributed by atoms with E-state index in [2.05, 4.69) is 29.3 Å². The highest BCUT2D eigenvalue weighted by Crippen LogP contribution is 2.26. The van der Waals surface area contributed by atoms with E-state index in [0.29, 0.717) is 5.75 Å². The van der Waals surface area contributed by atoms with Crippen LogP contribution in [0.4, 0.5) is 0 Å². The summed E-state index contributed by atoms with van der Waals surface area (Å²) >= 11 is 1.42. The van der Waals surface area contributed by atoms with Crippen LogP contribution in [0.3, 0.4) is 0 Å². The second-order valence-electron chi connectivity index (χ2n) is 6.10. The second-order valence-corrected chi connectivity index (χ2v) is 7.04. The van der Waals surface area contributed by atoms with Gasteiger partial charge in [0.25, 0.3) is 0 Å². The Labute approximate surface area is 149 Å². The average molecular weight is 347 g/mol. The lowest BCUT2D eigenvalue weighted by Gasteiger charge is -2.07. The molecule has 2 heterocycles. The first-order valence-corrected chi connectivity index (χ1v) is 9.08. The molecule has 0 unspecified atom stereocenters. The number of fused-ring (bicyclic) bond motifs is 3. The minimum Gasteiger partial charge on any atom is -0.293 e. The van der Waals surface area contributed by atoms with Gasteiger partial charge in [-0.25, -0.2) is 0 Å². The second kappa shape index (κ2) is 6.33. The Bertz CT molecular complexity index is 1080. The molecular weight excluding hydrogens is 330 g/mol. The van der Waals surface area contributed by atoms with E-state index in [1.807, 2.05) is 53.8 Å². The fraction of sp³-hybridized carbons (Fsp3) is 0.150. The zero-order valence-electron chi connectivity index (χ0n) is 14.1. The molecule has 5 heteroatoms. The summed E-state index contributed by atoms with van der Waals surface area (Å²) in [5, 5.41) is 10.5. The first-order chi connectivity index (χ1) is 12.1. The number of ketones is 1. The van der Waals surface area contributed by atoms with Crippen LogP contribution in [0.15, 0.2) is 59.8 Å². The first-order valence-electron chi connectivity index (χ1n) is 8.09. The molecule has 2 aromatic carbocycles. The lowest BCUT2D eigenvalue weighted by Crippen LogP contribution is -2.03. The van der Waals surface area contributed by atoms with Crippen molar-refractivity contribution in [3.05, 3.63) is 71.3 Å². The molecule has 0 aliphatic carbocycles.